The predicted octanol–water partition coefficient (Wildman–Crippen LogP) is 5.12. The molecule has 0 spiro atoms. The molecule has 4 aliphatic carbocycles. The molecular weight excluding hydrogens is 526 g/mol. The molecule has 2 aromatic carbocycles. The van der Waals surface area contributed by atoms with Gasteiger partial charge in [-0.3, -0.25) is 9.59 Å². The van der Waals surface area contributed by atoms with Crippen LogP contribution in [0.25, 0.3) is 10.9 Å². The van der Waals surface area contributed by atoms with E-state index < -0.39 is 18.1 Å². The Morgan fingerprint density at radius 1 is 1.00 bits per heavy atom. The number of rotatable bonds is 5. The normalized spacial score (nSPS) is 30.2. The third kappa shape index (κ3) is 4.12. The molecule has 2 amide bonds. The SMILES string of the molecule is COC(=O)[C@H]1Cc2c([nH]c3ccccc23)[C@H](c2ccc(C(=O)N[C@]34CC5C[C@H](C[C@H](C5)C3)C4)cc2)N1C(=O)CCl. The van der Waals surface area contributed by atoms with Gasteiger partial charge in [0.2, 0.25) is 5.91 Å². The molecule has 2 heterocycles. The largest absolute Gasteiger partial charge is 0.467 e. The van der Waals surface area contributed by atoms with E-state index in [0.29, 0.717) is 12.0 Å². The summed E-state index contributed by atoms with van der Waals surface area (Å²) in [5, 5.41) is 4.47. The molecule has 3 aromatic rings. The van der Waals surface area contributed by atoms with E-state index in [1.165, 1.54) is 26.4 Å². The molecule has 40 heavy (non-hydrogen) atoms. The lowest BCUT2D eigenvalue weighted by molar-refractivity contribution is -0.154. The van der Waals surface area contributed by atoms with Crippen LogP contribution in [0.5, 0.6) is 0 Å². The fourth-order valence-corrected chi connectivity index (χ4v) is 8.86. The Hall–Kier alpha value is -3.32. The Kier molecular flexibility index (Phi) is 6.19. The molecule has 0 radical (unpaired) electrons. The number of alkyl halides is 1. The summed E-state index contributed by atoms with van der Waals surface area (Å²) in [7, 11) is 1.34. The molecule has 4 bridgehead atoms. The van der Waals surface area contributed by atoms with Crippen LogP contribution < -0.4 is 5.32 Å². The zero-order chi connectivity index (χ0) is 27.6. The summed E-state index contributed by atoms with van der Waals surface area (Å²) in [4.78, 5) is 44.7. The van der Waals surface area contributed by atoms with Crippen molar-refractivity contribution in [2.45, 2.75) is 62.6 Å². The number of carbonyl (C=O) groups excluding carboxylic acids is 3. The number of nitrogens with one attached hydrogen (secondary N) is 2. The van der Waals surface area contributed by atoms with Gasteiger partial charge in [0, 0.05) is 34.1 Å². The highest BCUT2D eigenvalue weighted by atomic mass is 35.5. The van der Waals surface area contributed by atoms with Crippen molar-refractivity contribution < 1.29 is 19.1 Å². The minimum Gasteiger partial charge on any atom is -0.467 e. The zero-order valence-corrected chi connectivity index (χ0v) is 23.4. The number of benzene rings is 2. The van der Waals surface area contributed by atoms with Gasteiger partial charge < -0.3 is 19.9 Å². The van der Waals surface area contributed by atoms with Gasteiger partial charge in [0.05, 0.1) is 13.2 Å². The zero-order valence-electron chi connectivity index (χ0n) is 22.6. The molecule has 5 aliphatic rings. The smallest absolute Gasteiger partial charge is 0.328 e. The van der Waals surface area contributed by atoms with Gasteiger partial charge in [-0.2, -0.15) is 0 Å². The number of nitrogens with zero attached hydrogens (tertiary/aromatic N) is 1. The van der Waals surface area contributed by atoms with Crippen molar-refractivity contribution >= 4 is 40.3 Å². The summed E-state index contributed by atoms with van der Waals surface area (Å²) < 4.78 is 5.13. The summed E-state index contributed by atoms with van der Waals surface area (Å²) in [5.41, 5.74) is 4.11. The van der Waals surface area contributed by atoms with Crippen LogP contribution in [0.1, 0.15) is 71.7 Å². The van der Waals surface area contributed by atoms with E-state index in [-0.39, 0.29) is 23.2 Å². The van der Waals surface area contributed by atoms with E-state index in [1.54, 1.807) is 4.90 Å². The Bertz CT molecular complexity index is 1460. The lowest BCUT2D eigenvalue weighted by Crippen LogP contribution is -2.59. The van der Waals surface area contributed by atoms with Gasteiger partial charge in [-0.1, -0.05) is 30.3 Å². The number of ether oxygens (including phenoxy) is 1. The maximum atomic E-state index is 13.5. The highest BCUT2D eigenvalue weighted by Crippen LogP contribution is 2.55. The van der Waals surface area contributed by atoms with Gasteiger partial charge in [-0.15, -0.1) is 11.6 Å². The number of para-hydroxylation sites is 1. The van der Waals surface area contributed by atoms with E-state index >= 15 is 0 Å². The number of hydrogen-bond donors (Lipinski definition) is 2. The second kappa shape index (κ2) is 9.65. The van der Waals surface area contributed by atoms with Crippen molar-refractivity contribution in [1.29, 1.82) is 0 Å². The molecule has 208 valence electrons. The van der Waals surface area contributed by atoms with Crippen LogP contribution in [0.4, 0.5) is 0 Å². The van der Waals surface area contributed by atoms with Gasteiger partial charge in [0.15, 0.2) is 0 Å². The molecule has 0 saturated heterocycles. The monoisotopic (exact) mass is 559 g/mol. The van der Waals surface area contributed by atoms with Crippen LogP contribution in [-0.4, -0.2) is 52.2 Å². The number of H-pyrrole nitrogens is 1. The number of amides is 2. The molecule has 8 rings (SSSR count). The lowest BCUT2D eigenvalue weighted by atomic mass is 9.53. The van der Waals surface area contributed by atoms with Gasteiger partial charge in [-0.05, 0) is 85.6 Å². The first-order valence-corrected chi connectivity index (χ1v) is 14.9. The molecule has 7 nitrogen and oxygen atoms in total. The summed E-state index contributed by atoms with van der Waals surface area (Å²) in [5.74, 6) is 1.12. The minimum atomic E-state index is -0.813. The van der Waals surface area contributed by atoms with Crippen molar-refractivity contribution in [3.8, 4) is 0 Å². The molecule has 4 saturated carbocycles. The first kappa shape index (κ1) is 25.6. The van der Waals surface area contributed by atoms with Gasteiger partial charge in [0.1, 0.15) is 11.9 Å². The van der Waals surface area contributed by atoms with Gasteiger partial charge in [-0.25, -0.2) is 4.79 Å². The molecule has 0 unspecified atom stereocenters. The fourth-order valence-electron chi connectivity index (χ4n) is 8.73. The van der Waals surface area contributed by atoms with Crippen molar-refractivity contribution in [1.82, 2.24) is 15.2 Å². The van der Waals surface area contributed by atoms with E-state index in [1.807, 2.05) is 48.5 Å². The number of aromatic nitrogens is 1. The summed E-state index contributed by atoms with van der Waals surface area (Å²) >= 11 is 6.07. The van der Waals surface area contributed by atoms with Crippen LogP contribution in [0.2, 0.25) is 0 Å². The number of hydrogen-bond acceptors (Lipinski definition) is 4. The second-order valence-electron chi connectivity index (χ2n) is 12.4. The van der Waals surface area contributed by atoms with Gasteiger partial charge in [0.25, 0.3) is 5.91 Å². The Morgan fingerprint density at radius 3 is 2.27 bits per heavy atom. The van der Waals surface area contributed by atoms with E-state index in [4.69, 9.17) is 16.3 Å². The van der Waals surface area contributed by atoms with Crippen molar-refractivity contribution in [3.63, 3.8) is 0 Å². The average molecular weight is 560 g/mol. The highest BCUT2D eigenvalue weighted by Gasteiger charge is 2.51. The maximum absolute atomic E-state index is 13.5. The first-order chi connectivity index (χ1) is 19.4. The number of fused-ring (bicyclic) bond motifs is 3. The standard InChI is InChI=1S/C32H34ClN3O4/c1-40-31(39)26-13-24-23-4-2-3-5-25(23)34-28(24)29(36(26)27(37)17-33)21-6-8-22(9-7-21)30(38)35-32-14-18-10-19(15-32)12-20(11-18)16-32/h2-9,18-20,26,29,34H,10-17H2,1H3,(H,35,38)/t18-,19+,20?,26-,29+,32-/m1/s1. The number of halogens is 1. The number of carbonyl (C=O) groups is 3. The van der Waals surface area contributed by atoms with Crippen LogP contribution in [0.15, 0.2) is 48.5 Å². The molecule has 1 aliphatic heterocycles. The first-order valence-electron chi connectivity index (χ1n) is 14.3. The molecule has 2 atom stereocenters. The molecule has 8 heteroatoms. The molecule has 4 fully saturated rings. The Balaban J connectivity index is 1.23. The second-order valence-corrected chi connectivity index (χ2v) is 12.7. The Morgan fingerprint density at radius 2 is 1.65 bits per heavy atom. The van der Waals surface area contributed by atoms with Crippen molar-refractivity contribution in [3.05, 3.63) is 70.9 Å². The quantitative estimate of drug-likeness (QED) is 0.335. The number of esters is 1. The maximum Gasteiger partial charge on any atom is 0.328 e. The molecule has 1 aromatic heterocycles. The van der Waals surface area contributed by atoms with E-state index in [2.05, 4.69) is 10.3 Å². The highest BCUT2D eigenvalue weighted by molar-refractivity contribution is 6.27. The predicted molar refractivity (Wildman–Crippen MR) is 152 cm³/mol. The van der Waals surface area contributed by atoms with Crippen LogP contribution in [-0.2, 0) is 20.7 Å². The van der Waals surface area contributed by atoms with Crippen molar-refractivity contribution in [2.24, 2.45) is 17.8 Å². The molecule has 2 N–H and O–H groups in total. The van der Waals surface area contributed by atoms with Crippen LogP contribution in [0, 0.1) is 17.8 Å². The number of methoxy groups -OCH3 is 1. The van der Waals surface area contributed by atoms with Crippen LogP contribution in [0.3, 0.4) is 0 Å². The minimum absolute atomic E-state index is 0.0374. The van der Waals surface area contributed by atoms with E-state index in [9.17, 15) is 14.4 Å². The topological polar surface area (TPSA) is 91.5 Å². The fraction of sp³-hybridized carbons (Fsp3) is 0.469. The number of aromatic amines is 1. The summed E-state index contributed by atoms with van der Waals surface area (Å²) in [6, 6.07) is 14.0. The lowest BCUT2D eigenvalue weighted by Gasteiger charge is -2.56. The van der Waals surface area contributed by atoms with Gasteiger partial charge >= 0.3 is 5.97 Å². The summed E-state index contributed by atoms with van der Waals surface area (Å²) in [6.45, 7) is 0. The molecular formula is C32H34ClN3O4. The third-order valence-electron chi connectivity index (χ3n) is 9.91. The third-order valence-corrected chi connectivity index (χ3v) is 10.1. The summed E-state index contributed by atoms with van der Waals surface area (Å²) in [6.07, 6.45) is 7.59. The van der Waals surface area contributed by atoms with Crippen molar-refractivity contribution in [2.75, 3.05) is 13.0 Å². The average Bonchev–Trinajstić information content (AvgIpc) is 3.33. The van der Waals surface area contributed by atoms with Crippen LogP contribution >= 0.6 is 11.6 Å². The Labute approximate surface area is 238 Å². The van der Waals surface area contributed by atoms with E-state index in [0.717, 1.165) is 64.7 Å².